The molecule has 0 aliphatic rings. The first kappa shape index (κ1) is 23.4. The van der Waals surface area contributed by atoms with E-state index in [-0.39, 0.29) is 41.1 Å². The normalized spacial score (nSPS) is 10.2. The van der Waals surface area contributed by atoms with Gasteiger partial charge in [-0.1, -0.05) is 70.1 Å². The second-order valence-corrected chi connectivity index (χ2v) is 6.04. The molecule has 1 aromatic carbocycles. The minimum Gasteiger partial charge on any atom is -0.854 e. The topological polar surface area (TPSA) is 77.4 Å². The van der Waals surface area contributed by atoms with Gasteiger partial charge in [-0.3, -0.25) is 4.55 Å². The maximum atomic E-state index is 10.4. The summed E-state index contributed by atoms with van der Waals surface area (Å²) in [5, 5.41) is 10.0. The Morgan fingerprint density at radius 3 is 1.81 bits per heavy atom. The molecule has 0 radical (unpaired) electrons. The predicted octanol–water partition coefficient (Wildman–Crippen LogP) is 0.0346. The fraction of sp³-hybridized carbons (Fsp3) is 0.600. The van der Waals surface area contributed by atoms with Gasteiger partial charge in [0.05, 0.1) is 4.90 Å². The zero-order valence-electron chi connectivity index (χ0n) is 13.1. The molecule has 4 nitrogen and oxygen atoms in total. The van der Waals surface area contributed by atoms with Crippen LogP contribution in [0.1, 0.15) is 51.9 Å². The molecule has 6 heteroatoms. The van der Waals surface area contributed by atoms with Crippen molar-refractivity contribution in [1.82, 2.24) is 0 Å². The van der Waals surface area contributed by atoms with Crippen LogP contribution in [0.3, 0.4) is 0 Å². The molecular weight excluding hydrogens is 299 g/mol. The third kappa shape index (κ3) is 14.8. The van der Waals surface area contributed by atoms with Crippen molar-refractivity contribution in [2.75, 3.05) is 6.61 Å². The molecule has 0 spiro atoms. The van der Waals surface area contributed by atoms with Crippen LogP contribution in [0.15, 0.2) is 35.2 Å². The van der Waals surface area contributed by atoms with E-state index in [1.807, 2.05) is 0 Å². The molecule has 21 heavy (non-hydrogen) atoms. The summed E-state index contributed by atoms with van der Waals surface area (Å²) in [4.78, 5) is -0.0741. The van der Waals surface area contributed by atoms with Gasteiger partial charge in [-0.2, -0.15) is 8.42 Å². The Morgan fingerprint density at radius 1 is 0.952 bits per heavy atom. The zero-order valence-corrected chi connectivity index (χ0v) is 15.9. The van der Waals surface area contributed by atoms with Gasteiger partial charge in [0.1, 0.15) is 0 Å². The molecule has 0 saturated heterocycles. The minimum atomic E-state index is -4.00. The number of hydrogen-bond donors (Lipinski definition) is 1. The Kier molecular flexibility index (Phi) is 16.7. The van der Waals surface area contributed by atoms with E-state index in [1.54, 1.807) is 18.2 Å². The van der Waals surface area contributed by atoms with Crippen molar-refractivity contribution in [3.05, 3.63) is 30.3 Å². The third-order valence-electron chi connectivity index (χ3n) is 2.79. The number of hydrogen-bond acceptors (Lipinski definition) is 3. The van der Waals surface area contributed by atoms with Crippen LogP contribution in [0, 0.1) is 0 Å². The number of rotatable bonds is 8. The van der Waals surface area contributed by atoms with Crippen molar-refractivity contribution in [2.45, 2.75) is 56.8 Å². The van der Waals surface area contributed by atoms with Crippen LogP contribution in [0.4, 0.5) is 0 Å². The number of benzene rings is 1. The van der Waals surface area contributed by atoms with Gasteiger partial charge in [0.15, 0.2) is 0 Å². The van der Waals surface area contributed by atoms with E-state index in [0.29, 0.717) is 0 Å². The molecule has 0 unspecified atom stereocenters. The fourth-order valence-electron chi connectivity index (χ4n) is 1.65. The first-order chi connectivity index (χ1) is 9.52. The van der Waals surface area contributed by atoms with E-state index in [4.69, 9.17) is 4.55 Å². The first-order valence-corrected chi connectivity index (χ1v) is 8.57. The van der Waals surface area contributed by atoms with Crippen molar-refractivity contribution >= 4 is 10.1 Å². The van der Waals surface area contributed by atoms with E-state index in [1.165, 1.54) is 44.2 Å². The van der Waals surface area contributed by atoms with Crippen LogP contribution in [-0.2, 0) is 10.1 Å². The van der Waals surface area contributed by atoms with E-state index < -0.39 is 10.1 Å². The molecule has 0 atom stereocenters. The van der Waals surface area contributed by atoms with Gasteiger partial charge in [0, 0.05) is 0 Å². The first-order valence-electron chi connectivity index (χ1n) is 7.13. The van der Waals surface area contributed by atoms with Crippen LogP contribution >= 0.6 is 0 Å². The fourth-order valence-corrected chi connectivity index (χ4v) is 2.15. The van der Waals surface area contributed by atoms with Crippen LogP contribution < -0.4 is 34.7 Å². The Balaban J connectivity index is 0. The Bertz CT molecular complexity index is 413. The molecule has 0 fully saturated rings. The van der Waals surface area contributed by atoms with Crippen LogP contribution in [0.25, 0.3) is 0 Å². The summed E-state index contributed by atoms with van der Waals surface area (Å²) in [7, 11) is -4.00. The van der Waals surface area contributed by atoms with E-state index in [9.17, 15) is 13.5 Å². The second-order valence-electron chi connectivity index (χ2n) is 4.61. The quantitative estimate of drug-likeness (QED) is 0.416. The van der Waals surface area contributed by atoms with E-state index in [2.05, 4.69) is 6.92 Å². The van der Waals surface area contributed by atoms with Crippen LogP contribution in [0.5, 0.6) is 0 Å². The van der Waals surface area contributed by atoms with Gasteiger partial charge in [0.2, 0.25) is 0 Å². The summed E-state index contributed by atoms with van der Waals surface area (Å²) in [6.45, 7) is 2.34. The van der Waals surface area contributed by atoms with Crippen molar-refractivity contribution in [2.24, 2.45) is 0 Å². The Morgan fingerprint density at radius 2 is 1.43 bits per heavy atom. The molecule has 0 bridgehead atoms. The van der Waals surface area contributed by atoms with Gasteiger partial charge < -0.3 is 5.11 Å². The van der Waals surface area contributed by atoms with Gasteiger partial charge in [-0.25, -0.2) is 0 Å². The summed E-state index contributed by atoms with van der Waals surface area (Å²) < 4.78 is 29.2. The molecular formula is C15H25NaO4S. The van der Waals surface area contributed by atoms with Crippen LogP contribution in [-0.4, -0.2) is 19.6 Å². The smallest absolute Gasteiger partial charge is 0.854 e. The summed E-state index contributed by atoms with van der Waals surface area (Å²) in [6, 6.07) is 7.42. The summed E-state index contributed by atoms with van der Waals surface area (Å²) in [5.41, 5.74) is 0. The zero-order chi connectivity index (χ0) is 15.3. The number of unbranched alkanes of at least 4 members (excludes halogenated alkanes) is 6. The van der Waals surface area contributed by atoms with Gasteiger partial charge in [-0.15, -0.1) is 6.61 Å². The minimum absolute atomic E-state index is 0. The SMILES string of the molecule is CCCCCCCCC[O-].O=S(=O)(O)c1ccccc1.[Na+]. The van der Waals surface area contributed by atoms with E-state index in [0.717, 1.165) is 12.8 Å². The standard InChI is InChI=1S/C9H19O.C6H6O3S.Na/c1-2-3-4-5-6-7-8-9-10;7-10(8,9)6-4-2-1-3-5-6;/h2-9H2,1H3;1-5H,(H,7,8,9);/q-1;;+1. The maximum Gasteiger partial charge on any atom is 1.00 e. The van der Waals surface area contributed by atoms with E-state index >= 15 is 0 Å². The molecule has 0 aromatic heterocycles. The molecule has 1 rings (SSSR count). The molecule has 0 amide bonds. The second kappa shape index (κ2) is 15.0. The molecule has 0 saturated carbocycles. The maximum absolute atomic E-state index is 10.4. The van der Waals surface area contributed by atoms with Gasteiger partial charge in [-0.05, 0) is 12.1 Å². The molecule has 1 aromatic rings. The van der Waals surface area contributed by atoms with Crippen molar-refractivity contribution in [3.8, 4) is 0 Å². The molecule has 0 aliphatic carbocycles. The van der Waals surface area contributed by atoms with Crippen molar-refractivity contribution in [1.29, 1.82) is 0 Å². The third-order valence-corrected chi connectivity index (χ3v) is 3.66. The Hall–Kier alpha value is 0.0900. The Labute approximate surface area is 151 Å². The summed E-state index contributed by atoms with van der Waals surface area (Å²) >= 11 is 0. The summed E-state index contributed by atoms with van der Waals surface area (Å²) in [5.74, 6) is 0. The van der Waals surface area contributed by atoms with Gasteiger partial charge in [0.25, 0.3) is 10.1 Å². The molecule has 116 valence electrons. The average Bonchev–Trinajstić information content (AvgIpc) is 2.44. The van der Waals surface area contributed by atoms with Crippen molar-refractivity contribution < 1.29 is 47.6 Å². The largest absolute Gasteiger partial charge is 1.00 e. The van der Waals surface area contributed by atoms with Crippen LogP contribution in [0.2, 0.25) is 0 Å². The molecule has 0 aliphatic heterocycles. The predicted molar refractivity (Wildman–Crippen MR) is 79.1 cm³/mol. The van der Waals surface area contributed by atoms with Crippen molar-refractivity contribution in [3.63, 3.8) is 0 Å². The molecule has 1 N–H and O–H groups in total. The van der Waals surface area contributed by atoms with Gasteiger partial charge >= 0.3 is 29.6 Å². The average molecular weight is 324 g/mol. The summed E-state index contributed by atoms with van der Waals surface area (Å²) in [6.07, 6.45) is 8.64. The molecule has 0 heterocycles. The monoisotopic (exact) mass is 324 g/mol.